The third-order valence-corrected chi connectivity index (χ3v) is 5.31. The zero-order chi connectivity index (χ0) is 11.8. The molecular formula is C13H12O2S2. The fourth-order valence-corrected chi connectivity index (χ4v) is 4.35. The second kappa shape index (κ2) is 4.42. The molecule has 0 fully saturated rings. The normalized spacial score (nSPS) is 18.8. The molecule has 0 amide bonds. The van der Waals surface area contributed by atoms with Crippen LogP contribution in [0.3, 0.4) is 0 Å². The van der Waals surface area contributed by atoms with Gasteiger partial charge in [-0.15, -0.1) is 11.8 Å². The van der Waals surface area contributed by atoms with Gasteiger partial charge < -0.3 is 4.74 Å². The molecule has 0 saturated carbocycles. The van der Waals surface area contributed by atoms with Crippen molar-refractivity contribution < 1.29 is 9.53 Å². The molecule has 17 heavy (non-hydrogen) atoms. The predicted molar refractivity (Wildman–Crippen MR) is 71.9 cm³/mol. The number of carbonyl (C=O) groups excluding carboxylic acids is 1. The van der Waals surface area contributed by atoms with Crippen LogP contribution in [0.2, 0.25) is 0 Å². The molecule has 0 aromatic heterocycles. The molecule has 0 saturated heterocycles. The van der Waals surface area contributed by atoms with Crippen LogP contribution in [0.15, 0.2) is 33.6 Å². The summed E-state index contributed by atoms with van der Waals surface area (Å²) in [6.07, 6.45) is 0.917. The fraction of sp³-hybridized carbons (Fsp3) is 0.308. The van der Waals surface area contributed by atoms with Crippen molar-refractivity contribution in [3.63, 3.8) is 0 Å². The van der Waals surface area contributed by atoms with Gasteiger partial charge in [-0.3, -0.25) is 4.79 Å². The molecule has 2 aliphatic rings. The first-order chi connectivity index (χ1) is 8.28. The summed E-state index contributed by atoms with van der Waals surface area (Å²) >= 11 is 3.34. The van der Waals surface area contributed by atoms with Gasteiger partial charge in [0.15, 0.2) is 5.78 Å². The Hall–Kier alpha value is -0.870. The second-order valence-electron chi connectivity index (χ2n) is 4.10. The number of allylic oxidation sites excluding steroid dienone is 1. The molecule has 3 rings (SSSR count). The molecule has 1 aromatic carbocycles. The van der Waals surface area contributed by atoms with Crippen molar-refractivity contribution in [2.75, 3.05) is 18.6 Å². The van der Waals surface area contributed by atoms with Crippen molar-refractivity contribution in [2.24, 2.45) is 0 Å². The van der Waals surface area contributed by atoms with Crippen molar-refractivity contribution in [3.05, 3.63) is 34.2 Å². The first kappa shape index (κ1) is 11.2. The number of hydrogen-bond donors (Lipinski definition) is 0. The molecule has 2 aliphatic heterocycles. The molecule has 0 aliphatic carbocycles. The molecule has 88 valence electrons. The van der Waals surface area contributed by atoms with Gasteiger partial charge in [-0.1, -0.05) is 17.8 Å². The van der Waals surface area contributed by atoms with E-state index in [1.54, 1.807) is 30.6 Å². The van der Waals surface area contributed by atoms with E-state index in [2.05, 4.69) is 6.07 Å². The molecule has 0 bridgehead atoms. The van der Waals surface area contributed by atoms with Crippen molar-refractivity contribution in [2.45, 2.75) is 11.3 Å². The lowest BCUT2D eigenvalue weighted by Crippen LogP contribution is -2.17. The van der Waals surface area contributed by atoms with Gasteiger partial charge in [0.05, 0.1) is 17.8 Å². The van der Waals surface area contributed by atoms with Crippen LogP contribution < -0.4 is 4.74 Å². The highest BCUT2D eigenvalue weighted by atomic mass is 32.2. The van der Waals surface area contributed by atoms with E-state index in [0.29, 0.717) is 5.75 Å². The quantitative estimate of drug-likeness (QED) is 0.779. The zero-order valence-electron chi connectivity index (χ0n) is 9.49. The van der Waals surface area contributed by atoms with Crippen LogP contribution in [0.4, 0.5) is 0 Å². The lowest BCUT2D eigenvalue weighted by molar-refractivity contribution is -0.112. The van der Waals surface area contributed by atoms with Crippen LogP contribution in [-0.2, 0) is 11.2 Å². The van der Waals surface area contributed by atoms with E-state index in [1.165, 1.54) is 16.0 Å². The maximum atomic E-state index is 11.9. The number of thioether (sulfide) groups is 2. The highest BCUT2D eigenvalue weighted by Gasteiger charge is 2.27. The van der Waals surface area contributed by atoms with E-state index in [0.717, 1.165) is 22.8 Å². The fourth-order valence-electron chi connectivity index (χ4n) is 2.10. The van der Waals surface area contributed by atoms with E-state index >= 15 is 0 Å². The number of ketones is 1. The lowest BCUT2D eigenvalue weighted by atomic mass is 10.0. The Morgan fingerprint density at radius 1 is 1.29 bits per heavy atom. The minimum atomic E-state index is 0.287. The van der Waals surface area contributed by atoms with Gasteiger partial charge in [0, 0.05) is 10.6 Å². The molecule has 2 nitrogen and oxygen atoms in total. The highest BCUT2D eigenvalue weighted by molar-refractivity contribution is 8.05. The molecule has 4 heteroatoms. The number of methoxy groups -OCH3 is 1. The van der Waals surface area contributed by atoms with Crippen LogP contribution in [-0.4, -0.2) is 24.4 Å². The molecule has 0 atom stereocenters. The molecule has 2 heterocycles. The molecule has 1 aromatic rings. The Morgan fingerprint density at radius 3 is 3.00 bits per heavy atom. The van der Waals surface area contributed by atoms with Crippen LogP contribution >= 0.6 is 23.5 Å². The third kappa shape index (κ3) is 2.00. The van der Waals surface area contributed by atoms with E-state index in [4.69, 9.17) is 4.74 Å². The Balaban J connectivity index is 2.00. The summed E-state index contributed by atoms with van der Waals surface area (Å²) in [6.45, 7) is 0. The number of hydrogen-bond acceptors (Lipinski definition) is 4. The minimum absolute atomic E-state index is 0.287. The topological polar surface area (TPSA) is 26.3 Å². The molecule has 0 N–H and O–H groups in total. The average Bonchev–Trinajstić information content (AvgIpc) is 2.37. The number of benzene rings is 1. The lowest BCUT2D eigenvalue weighted by Gasteiger charge is -2.25. The second-order valence-corrected chi connectivity index (χ2v) is 6.14. The van der Waals surface area contributed by atoms with E-state index in [1.807, 2.05) is 12.1 Å². The van der Waals surface area contributed by atoms with Crippen molar-refractivity contribution in [1.29, 1.82) is 0 Å². The van der Waals surface area contributed by atoms with Crippen LogP contribution in [0, 0.1) is 0 Å². The zero-order valence-corrected chi connectivity index (χ0v) is 11.1. The minimum Gasteiger partial charge on any atom is -0.497 e. The molecular weight excluding hydrogens is 252 g/mol. The third-order valence-electron chi connectivity index (χ3n) is 2.97. The largest absolute Gasteiger partial charge is 0.497 e. The Kier molecular flexibility index (Phi) is 2.92. The van der Waals surface area contributed by atoms with Crippen molar-refractivity contribution in [3.8, 4) is 5.75 Å². The van der Waals surface area contributed by atoms with Gasteiger partial charge in [-0.25, -0.2) is 0 Å². The predicted octanol–water partition coefficient (Wildman–Crippen LogP) is 2.91. The van der Waals surface area contributed by atoms with Crippen LogP contribution in [0.25, 0.3) is 0 Å². The van der Waals surface area contributed by atoms with E-state index < -0.39 is 0 Å². The molecule has 0 spiro atoms. The molecule has 0 unspecified atom stereocenters. The van der Waals surface area contributed by atoms with E-state index in [9.17, 15) is 4.79 Å². The van der Waals surface area contributed by atoms with Gasteiger partial charge in [-0.05, 0) is 29.7 Å². The summed E-state index contributed by atoms with van der Waals surface area (Å²) in [6, 6.07) is 6.12. The number of Topliss-reactive ketones (excluding diaryl/α,β-unsaturated/α-hetero) is 1. The summed E-state index contributed by atoms with van der Waals surface area (Å²) in [7, 11) is 1.67. The number of carbonyl (C=O) groups is 1. The Morgan fingerprint density at radius 2 is 2.18 bits per heavy atom. The summed E-state index contributed by atoms with van der Waals surface area (Å²) in [5, 5.41) is 0. The summed E-state index contributed by atoms with van der Waals surface area (Å²) in [4.78, 5) is 14.0. The average molecular weight is 264 g/mol. The number of ether oxygens (including phenoxy) is 1. The van der Waals surface area contributed by atoms with Gasteiger partial charge >= 0.3 is 0 Å². The maximum absolute atomic E-state index is 11.9. The smallest absolute Gasteiger partial charge is 0.179 e. The maximum Gasteiger partial charge on any atom is 0.179 e. The van der Waals surface area contributed by atoms with Gasteiger partial charge in [0.1, 0.15) is 5.75 Å². The van der Waals surface area contributed by atoms with Crippen LogP contribution in [0.5, 0.6) is 5.75 Å². The molecule has 0 radical (unpaired) electrons. The summed E-state index contributed by atoms with van der Waals surface area (Å²) in [5.41, 5.74) is 2.61. The summed E-state index contributed by atoms with van der Waals surface area (Å²) < 4.78 is 5.22. The van der Waals surface area contributed by atoms with Gasteiger partial charge in [-0.2, -0.15) is 0 Å². The highest BCUT2D eigenvalue weighted by Crippen LogP contribution is 2.43. The standard InChI is InChI=1S/C13H12O2S2/c1-15-10-3-2-8-4-9-6-16-7-11(14)13(9)17-12(8)5-10/h2-3,5H,4,6-7H2,1H3. The first-order valence-electron chi connectivity index (χ1n) is 5.45. The SMILES string of the molecule is COc1ccc2c(c1)SC1=C(CSCC1=O)C2. The van der Waals surface area contributed by atoms with Crippen LogP contribution in [0.1, 0.15) is 5.56 Å². The van der Waals surface area contributed by atoms with Gasteiger partial charge in [0.2, 0.25) is 0 Å². The summed E-state index contributed by atoms with van der Waals surface area (Å²) in [5.74, 6) is 2.78. The first-order valence-corrected chi connectivity index (χ1v) is 7.43. The monoisotopic (exact) mass is 264 g/mol. The Labute approximate surface area is 109 Å². The number of rotatable bonds is 1. The van der Waals surface area contributed by atoms with Crippen molar-refractivity contribution >= 4 is 29.3 Å². The Bertz CT molecular complexity index is 520. The van der Waals surface area contributed by atoms with Gasteiger partial charge in [0.25, 0.3) is 0 Å². The number of fused-ring (bicyclic) bond motifs is 1. The van der Waals surface area contributed by atoms with E-state index in [-0.39, 0.29) is 5.78 Å². The van der Waals surface area contributed by atoms with Crippen molar-refractivity contribution in [1.82, 2.24) is 0 Å².